The number of amides is 1. The fraction of sp³-hybridized carbons (Fsp3) is 0.923. The molecule has 2 rings (SSSR count). The SMILES string of the molecule is CC[C@H](C)[C@H](NS(C)(=O)=O)C(=O)N1CCC12CCC2. The Morgan fingerprint density at radius 2 is 2.00 bits per heavy atom. The van der Waals surface area contributed by atoms with Gasteiger partial charge < -0.3 is 4.90 Å². The minimum Gasteiger partial charge on any atom is -0.335 e. The second kappa shape index (κ2) is 5.05. The van der Waals surface area contributed by atoms with Crippen molar-refractivity contribution in [1.29, 1.82) is 0 Å². The van der Waals surface area contributed by atoms with E-state index in [9.17, 15) is 13.2 Å². The Morgan fingerprint density at radius 3 is 2.32 bits per heavy atom. The van der Waals surface area contributed by atoms with Crippen LogP contribution in [0, 0.1) is 5.92 Å². The number of nitrogens with zero attached hydrogens (tertiary/aromatic N) is 1. The smallest absolute Gasteiger partial charge is 0.241 e. The number of carbonyl (C=O) groups excluding carboxylic acids is 1. The van der Waals surface area contributed by atoms with Gasteiger partial charge in [0.25, 0.3) is 0 Å². The number of likely N-dealkylation sites (tertiary alicyclic amines) is 1. The normalized spacial score (nSPS) is 24.5. The third kappa shape index (κ3) is 2.79. The largest absolute Gasteiger partial charge is 0.335 e. The minimum absolute atomic E-state index is 0.0138. The lowest BCUT2D eigenvalue weighted by Gasteiger charge is -2.59. The lowest BCUT2D eigenvalue weighted by atomic mass is 9.67. The molecule has 2 atom stereocenters. The molecule has 1 saturated heterocycles. The van der Waals surface area contributed by atoms with Gasteiger partial charge in [0.1, 0.15) is 6.04 Å². The Morgan fingerprint density at radius 1 is 1.37 bits per heavy atom. The first kappa shape index (κ1) is 14.8. The van der Waals surface area contributed by atoms with Crippen molar-refractivity contribution in [3.8, 4) is 0 Å². The highest BCUT2D eigenvalue weighted by atomic mass is 32.2. The van der Waals surface area contributed by atoms with E-state index in [4.69, 9.17) is 0 Å². The zero-order valence-corrected chi connectivity index (χ0v) is 12.8. The van der Waals surface area contributed by atoms with Crippen molar-refractivity contribution in [3.05, 3.63) is 0 Å². The molecule has 1 aliphatic carbocycles. The summed E-state index contributed by atoms with van der Waals surface area (Å²) in [5, 5.41) is 0. The van der Waals surface area contributed by atoms with Crippen molar-refractivity contribution in [2.24, 2.45) is 5.92 Å². The van der Waals surface area contributed by atoms with Crippen LogP contribution in [0.2, 0.25) is 0 Å². The first-order valence-corrected chi connectivity index (χ1v) is 8.97. The fourth-order valence-electron chi connectivity index (χ4n) is 3.03. The predicted octanol–water partition coefficient (Wildman–Crippen LogP) is 1.11. The molecule has 1 N–H and O–H groups in total. The summed E-state index contributed by atoms with van der Waals surface area (Å²) in [6.45, 7) is 4.68. The standard InChI is InChI=1S/C13H24N2O3S/c1-4-10(2)11(14-19(3,17)18)12(16)15-9-8-13(15)6-5-7-13/h10-11,14H,4-9H2,1-3H3/t10-,11-/m0/s1. The van der Waals surface area contributed by atoms with E-state index in [-0.39, 0.29) is 17.4 Å². The number of hydrogen-bond donors (Lipinski definition) is 1. The Balaban J connectivity index is 2.11. The Bertz CT molecular complexity index is 451. The topological polar surface area (TPSA) is 66.5 Å². The van der Waals surface area contributed by atoms with Gasteiger partial charge in [-0.1, -0.05) is 20.3 Å². The Hall–Kier alpha value is -0.620. The summed E-state index contributed by atoms with van der Waals surface area (Å²) in [5.74, 6) is -0.0225. The quantitative estimate of drug-likeness (QED) is 0.824. The van der Waals surface area contributed by atoms with Gasteiger partial charge in [0.2, 0.25) is 15.9 Å². The van der Waals surface area contributed by atoms with Crippen LogP contribution in [-0.4, -0.2) is 43.6 Å². The van der Waals surface area contributed by atoms with Gasteiger partial charge in [-0.15, -0.1) is 0 Å². The summed E-state index contributed by atoms with van der Waals surface area (Å²) < 4.78 is 25.4. The van der Waals surface area contributed by atoms with Gasteiger partial charge in [0.05, 0.1) is 6.26 Å². The van der Waals surface area contributed by atoms with Gasteiger partial charge >= 0.3 is 0 Å². The van der Waals surface area contributed by atoms with E-state index in [1.165, 1.54) is 6.42 Å². The predicted molar refractivity (Wildman–Crippen MR) is 74.1 cm³/mol. The van der Waals surface area contributed by atoms with Crippen molar-refractivity contribution in [1.82, 2.24) is 9.62 Å². The molecule has 19 heavy (non-hydrogen) atoms. The van der Waals surface area contributed by atoms with E-state index < -0.39 is 16.1 Å². The van der Waals surface area contributed by atoms with Crippen molar-refractivity contribution < 1.29 is 13.2 Å². The van der Waals surface area contributed by atoms with E-state index in [1.54, 1.807) is 0 Å². The minimum atomic E-state index is -3.36. The van der Waals surface area contributed by atoms with Gasteiger partial charge in [-0.2, -0.15) is 0 Å². The highest BCUT2D eigenvalue weighted by molar-refractivity contribution is 7.88. The van der Waals surface area contributed by atoms with Gasteiger partial charge in [-0.25, -0.2) is 13.1 Å². The van der Waals surface area contributed by atoms with Crippen LogP contribution in [0.5, 0.6) is 0 Å². The summed E-state index contributed by atoms with van der Waals surface area (Å²) >= 11 is 0. The molecule has 0 unspecified atom stereocenters. The molecule has 1 heterocycles. The van der Waals surface area contributed by atoms with Crippen molar-refractivity contribution in [2.45, 2.75) is 57.5 Å². The highest BCUT2D eigenvalue weighted by Crippen LogP contribution is 2.47. The molecule has 1 amide bonds. The number of carbonyl (C=O) groups is 1. The zero-order chi connectivity index (χ0) is 14.3. The highest BCUT2D eigenvalue weighted by Gasteiger charge is 2.52. The molecule has 2 fully saturated rings. The van der Waals surface area contributed by atoms with Crippen molar-refractivity contribution >= 4 is 15.9 Å². The second-order valence-electron chi connectivity index (χ2n) is 6.07. The van der Waals surface area contributed by atoms with E-state index in [2.05, 4.69) is 4.72 Å². The van der Waals surface area contributed by atoms with Gasteiger partial charge in [0, 0.05) is 12.1 Å². The van der Waals surface area contributed by atoms with Gasteiger partial charge in [-0.05, 0) is 31.6 Å². The summed E-state index contributed by atoms with van der Waals surface area (Å²) in [4.78, 5) is 14.5. The maximum atomic E-state index is 12.6. The number of nitrogens with one attached hydrogen (secondary N) is 1. The molecule has 2 aliphatic rings. The van der Waals surface area contributed by atoms with Crippen LogP contribution in [0.4, 0.5) is 0 Å². The van der Waals surface area contributed by atoms with Crippen LogP contribution in [0.25, 0.3) is 0 Å². The average Bonchev–Trinajstić information content (AvgIpc) is 2.20. The summed E-state index contributed by atoms with van der Waals surface area (Å²) in [5.41, 5.74) is 0.0714. The molecule has 0 aromatic rings. The zero-order valence-electron chi connectivity index (χ0n) is 12.0. The number of hydrogen-bond acceptors (Lipinski definition) is 3. The molecule has 0 bridgehead atoms. The van der Waals surface area contributed by atoms with Crippen LogP contribution in [0.3, 0.4) is 0 Å². The summed E-state index contributed by atoms with van der Waals surface area (Å²) in [6.07, 6.45) is 6.29. The first-order valence-electron chi connectivity index (χ1n) is 7.08. The van der Waals surface area contributed by atoms with Crippen molar-refractivity contribution in [2.75, 3.05) is 12.8 Å². The molecule has 6 heteroatoms. The van der Waals surface area contributed by atoms with Crippen LogP contribution < -0.4 is 4.72 Å². The molecular formula is C13H24N2O3S. The average molecular weight is 288 g/mol. The fourth-order valence-corrected chi connectivity index (χ4v) is 3.83. The van der Waals surface area contributed by atoms with E-state index in [0.29, 0.717) is 0 Å². The summed E-state index contributed by atoms with van der Waals surface area (Å²) in [6, 6.07) is -0.613. The monoisotopic (exact) mass is 288 g/mol. The third-order valence-electron chi connectivity index (χ3n) is 4.74. The third-order valence-corrected chi connectivity index (χ3v) is 5.43. The van der Waals surface area contributed by atoms with Gasteiger partial charge in [0.15, 0.2) is 0 Å². The lowest BCUT2D eigenvalue weighted by Crippen LogP contribution is -2.69. The molecule has 5 nitrogen and oxygen atoms in total. The molecule has 1 saturated carbocycles. The Kier molecular flexibility index (Phi) is 3.93. The van der Waals surface area contributed by atoms with E-state index >= 15 is 0 Å². The molecule has 0 radical (unpaired) electrons. The molecule has 1 aliphatic heterocycles. The van der Waals surface area contributed by atoms with Crippen LogP contribution in [0.1, 0.15) is 46.0 Å². The maximum Gasteiger partial charge on any atom is 0.241 e. The second-order valence-corrected chi connectivity index (χ2v) is 7.85. The maximum absolute atomic E-state index is 12.6. The van der Waals surface area contributed by atoms with Crippen molar-refractivity contribution in [3.63, 3.8) is 0 Å². The molecular weight excluding hydrogens is 264 g/mol. The van der Waals surface area contributed by atoms with E-state index in [1.807, 2.05) is 18.7 Å². The lowest BCUT2D eigenvalue weighted by molar-refractivity contribution is -0.158. The summed E-state index contributed by atoms with van der Waals surface area (Å²) in [7, 11) is -3.36. The van der Waals surface area contributed by atoms with E-state index in [0.717, 1.165) is 38.5 Å². The van der Waals surface area contributed by atoms with Gasteiger partial charge in [-0.3, -0.25) is 4.79 Å². The first-order chi connectivity index (χ1) is 8.79. The van der Waals surface area contributed by atoms with Crippen LogP contribution >= 0.6 is 0 Å². The molecule has 0 aromatic heterocycles. The van der Waals surface area contributed by atoms with Crippen LogP contribution in [0.15, 0.2) is 0 Å². The number of sulfonamides is 1. The Labute approximate surface area is 115 Å². The molecule has 1 spiro atoms. The number of rotatable bonds is 5. The van der Waals surface area contributed by atoms with Crippen LogP contribution in [-0.2, 0) is 14.8 Å². The molecule has 0 aromatic carbocycles. The molecule has 110 valence electrons.